The van der Waals surface area contributed by atoms with Crippen LogP contribution in [0.4, 0.5) is 0 Å². The molecule has 1 unspecified atom stereocenters. The van der Waals surface area contributed by atoms with E-state index < -0.39 is 18.1 Å². The fourth-order valence-corrected chi connectivity index (χ4v) is 0.254. The van der Waals surface area contributed by atoms with Crippen LogP contribution >= 0.6 is 0 Å². The molecule has 0 fully saturated rings. The summed E-state index contributed by atoms with van der Waals surface area (Å²) in [5.74, 6) is -1.05. The topological polar surface area (TPSA) is 69.6 Å². The zero-order valence-corrected chi connectivity index (χ0v) is 7.51. The Hall–Kier alpha value is -0.610. The Balaban J connectivity index is 0. The third-order valence-corrected chi connectivity index (χ3v) is 1.34. The first-order chi connectivity index (χ1) is 5.06. The Morgan fingerprint density at radius 3 is 1.91 bits per heavy atom. The van der Waals surface area contributed by atoms with Crippen LogP contribution in [0.2, 0.25) is 0 Å². The molecule has 4 heteroatoms. The first kappa shape index (κ1) is 13.0. The van der Waals surface area contributed by atoms with Gasteiger partial charge in [0.05, 0.1) is 6.61 Å². The Morgan fingerprint density at radius 1 is 1.55 bits per heavy atom. The molecule has 0 radical (unpaired) electrons. The molecule has 0 aliphatic rings. The van der Waals surface area contributed by atoms with Crippen molar-refractivity contribution in [1.82, 2.24) is 5.32 Å². The van der Waals surface area contributed by atoms with Crippen LogP contribution in [0.15, 0.2) is 0 Å². The van der Waals surface area contributed by atoms with E-state index in [0.29, 0.717) is 0 Å². The summed E-state index contributed by atoms with van der Waals surface area (Å²) in [6, 6.07) is 0. The van der Waals surface area contributed by atoms with E-state index in [-0.39, 0.29) is 0 Å². The van der Waals surface area contributed by atoms with Gasteiger partial charge in [0.2, 0.25) is 0 Å². The molecular formula is C7H17NO3. The number of aliphatic hydroxyl groups is 1. The normalized spacial score (nSPS) is 14.3. The molecule has 0 saturated carbocycles. The lowest BCUT2D eigenvalue weighted by Gasteiger charge is -2.20. The van der Waals surface area contributed by atoms with Crippen LogP contribution in [-0.4, -0.2) is 35.4 Å². The molecular weight excluding hydrogens is 146 g/mol. The second-order valence-corrected chi connectivity index (χ2v) is 2.05. The van der Waals surface area contributed by atoms with Gasteiger partial charge in [-0.05, 0) is 14.0 Å². The van der Waals surface area contributed by atoms with Crippen LogP contribution in [0, 0.1) is 0 Å². The van der Waals surface area contributed by atoms with Crippen molar-refractivity contribution in [1.29, 1.82) is 0 Å². The number of carboxylic acid groups (broad SMARTS) is 1. The molecule has 3 N–H and O–H groups in total. The van der Waals surface area contributed by atoms with Gasteiger partial charge in [0, 0.05) is 0 Å². The molecule has 0 bridgehead atoms. The highest BCUT2D eigenvalue weighted by Gasteiger charge is 2.29. The Labute approximate surface area is 67.2 Å². The number of hydrogen-bond acceptors (Lipinski definition) is 3. The lowest BCUT2D eigenvalue weighted by Crippen LogP contribution is -2.50. The van der Waals surface area contributed by atoms with E-state index in [1.165, 1.54) is 14.0 Å². The van der Waals surface area contributed by atoms with Crippen LogP contribution in [-0.2, 0) is 4.79 Å². The van der Waals surface area contributed by atoms with Crippen molar-refractivity contribution in [2.45, 2.75) is 26.3 Å². The fraction of sp³-hybridized carbons (Fsp3) is 0.857. The van der Waals surface area contributed by atoms with E-state index in [0.717, 1.165) is 0 Å². The summed E-state index contributed by atoms with van der Waals surface area (Å²) in [6.07, 6.45) is 0. The van der Waals surface area contributed by atoms with E-state index >= 15 is 0 Å². The molecule has 0 spiro atoms. The predicted octanol–water partition coefficient (Wildman–Crippen LogP) is 0.0676. The van der Waals surface area contributed by atoms with Gasteiger partial charge < -0.3 is 15.5 Å². The molecule has 0 aliphatic carbocycles. The number of aliphatic carboxylic acids is 1. The van der Waals surface area contributed by atoms with Crippen molar-refractivity contribution >= 4 is 5.97 Å². The second-order valence-electron chi connectivity index (χ2n) is 2.05. The number of likely N-dealkylation sites (N-methyl/N-ethyl adjacent to an activating group) is 1. The number of hydrogen-bond donors (Lipinski definition) is 3. The Bertz CT molecular complexity index is 110. The number of carbonyl (C=O) groups is 1. The summed E-state index contributed by atoms with van der Waals surface area (Å²) in [5.41, 5.74) is -1.19. The molecule has 1 atom stereocenters. The first-order valence-electron chi connectivity index (χ1n) is 3.60. The third-order valence-electron chi connectivity index (χ3n) is 1.34. The van der Waals surface area contributed by atoms with Crippen LogP contribution in [0.25, 0.3) is 0 Å². The second kappa shape index (κ2) is 6.12. The van der Waals surface area contributed by atoms with E-state index in [4.69, 9.17) is 10.2 Å². The van der Waals surface area contributed by atoms with Gasteiger partial charge >= 0.3 is 5.97 Å². The minimum absolute atomic E-state index is 0.404. The maximum Gasteiger partial charge on any atom is 0.326 e. The first-order valence-corrected chi connectivity index (χ1v) is 3.60. The largest absolute Gasteiger partial charge is 0.480 e. The Kier molecular flexibility index (Phi) is 7.24. The standard InChI is InChI=1S/C5H11NO3.C2H6/c1-5(3-7,6-2)4(8)9;1-2/h6-7H,3H2,1-2H3,(H,8,9);1-2H3. The highest BCUT2D eigenvalue weighted by atomic mass is 16.4. The SMILES string of the molecule is CC.CNC(C)(CO)C(=O)O. The molecule has 68 valence electrons. The third kappa shape index (κ3) is 3.95. The van der Waals surface area contributed by atoms with E-state index in [9.17, 15) is 4.79 Å². The smallest absolute Gasteiger partial charge is 0.326 e. The zero-order chi connectivity index (χ0) is 9.49. The van der Waals surface area contributed by atoms with Gasteiger partial charge in [-0.15, -0.1) is 0 Å². The van der Waals surface area contributed by atoms with E-state index in [1.54, 1.807) is 0 Å². The van der Waals surface area contributed by atoms with Crippen LogP contribution in [0.3, 0.4) is 0 Å². The monoisotopic (exact) mass is 163 g/mol. The van der Waals surface area contributed by atoms with Crippen LogP contribution in [0.1, 0.15) is 20.8 Å². The van der Waals surface area contributed by atoms with Gasteiger partial charge in [-0.25, -0.2) is 0 Å². The number of aliphatic hydroxyl groups excluding tert-OH is 1. The van der Waals surface area contributed by atoms with Crippen LogP contribution in [0.5, 0.6) is 0 Å². The Morgan fingerprint density at radius 2 is 1.91 bits per heavy atom. The molecule has 4 nitrogen and oxygen atoms in total. The van der Waals surface area contributed by atoms with Gasteiger partial charge in [0.25, 0.3) is 0 Å². The quantitative estimate of drug-likeness (QED) is 0.550. The fourth-order valence-electron chi connectivity index (χ4n) is 0.254. The average Bonchev–Trinajstić information content (AvgIpc) is 2.06. The van der Waals surface area contributed by atoms with Crippen molar-refractivity contribution < 1.29 is 15.0 Å². The van der Waals surface area contributed by atoms with Crippen LogP contribution < -0.4 is 5.32 Å². The van der Waals surface area contributed by atoms with E-state index in [1.807, 2.05) is 13.8 Å². The van der Waals surface area contributed by atoms with Gasteiger partial charge in [-0.3, -0.25) is 4.79 Å². The molecule has 11 heavy (non-hydrogen) atoms. The number of carboxylic acids is 1. The number of nitrogens with one attached hydrogen (secondary N) is 1. The molecule has 0 aromatic carbocycles. The molecule has 0 aromatic rings. The molecule has 0 rings (SSSR count). The summed E-state index contributed by atoms with van der Waals surface area (Å²) >= 11 is 0. The van der Waals surface area contributed by atoms with E-state index in [2.05, 4.69) is 5.32 Å². The lowest BCUT2D eigenvalue weighted by molar-refractivity contribution is -0.145. The summed E-state index contributed by atoms with van der Waals surface area (Å²) in [4.78, 5) is 10.3. The maximum absolute atomic E-state index is 10.3. The lowest BCUT2D eigenvalue weighted by atomic mass is 10.1. The van der Waals surface area contributed by atoms with Crippen molar-refractivity contribution in [2.24, 2.45) is 0 Å². The summed E-state index contributed by atoms with van der Waals surface area (Å²) in [6.45, 7) is 5.01. The minimum Gasteiger partial charge on any atom is -0.480 e. The van der Waals surface area contributed by atoms with Gasteiger partial charge in [0.15, 0.2) is 0 Å². The highest BCUT2D eigenvalue weighted by Crippen LogP contribution is 1.99. The van der Waals surface area contributed by atoms with Gasteiger partial charge in [-0.1, -0.05) is 13.8 Å². The summed E-state index contributed by atoms with van der Waals surface area (Å²) in [5, 5.41) is 19.4. The molecule has 0 aliphatic heterocycles. The summed E-state index contributed by atoms with van der Waals surface area (Å²) in [7, 11) is 1.49. The molecule has 0 amide bonds. The van der Waals surface area contributed by atoms with Crippen molar-refractivity contribution in [3.05, 3.63) is 0 Å². The maximum atomic E-state index is 10.3. The van der Waals surface area contributed by atoms with Crippen molar-refractivity contribution in [2.75, 3.05) is 13.7 Å². The van der Waals surface area contributed by atoms with Gasteiger partial charge in [0.1, 0.15) is 5.54 Å². The summed E-state index contributed by atoms with van der Waals surface area (Å²) < 4.78 is 0. The predicted molar refractivity (Wildman–Crippen MR) is 43.5 cm³/mol. The van der Waals surface area contributed by atoms with Gasteiger partial charge in [-0.2, -0.15) is 0 Å². The zero-order valence-electron chi connectivity index (χ0n) is 7.51. The minimum atomic E-state index is -1.19. The average molecular weight is 163 g/mol. The molecule has 0 aromatic heterocycles. The molecule has 0 saturated heterocycles. The van der Waals surface area contributed by atoms with Crippen molar-refractivity contribution in [3.63, 3.8) is 0 Å². The number of rotatable bonds is 3. The highest BCUT2D eigenvalue weighted by molar-refractivity contribution is 5.78. The van der Waals surface area contributed by atoms with Crippen molar-refractivity contribution in [3.8, 4) is 0 Å². The molecule has 0 heterocycles.